The van der Waals surface area contributed by atoms with Gasteiger partial charge in [-0.3, -0.25) is 19.2 Å². The highest BCUT2D eigenvalue weighted by atomic mass is 28.4. The van der Waals surface area contributed by atoms with Crippen molar-refractivity contribution in [2.45, 2.75) is 174 Å². The number of hydrogen-bond donors (Lipinski definition) is 2. The third-order valence-electron chi connectivity index (χ3n) is 13.5. The minimum atomic E-state index is -2.40. The molecule has 14 nitrogen and oxygen atoms in total. The zero-order valence-electron chi connectivity index (χ0n) is 35.7. The fraction of sp³-hybridized carbons (Fsp3) is 0.738. The number of fused-ring (bicyclic) bond motifs is 5. The normalized spacial score (nSPS) is 32.6. The Balaban J connectivity index is 1.62. The third-order valence-corrected chi connectivity index (χ3v) is 18.1. The summed E-state index contributed by atoms with van der Waals surface area (Å²) in [5, 5.41) is 15.9. The van der Waals surface area contributed by atoms with E-state index >= 15 is 4.79 Å². The molecule has 2 heterocycles. The first-order valence-corrected chi connectivity index (χ1v) is 22.8. The van der Waals surface area contributed by atoms with E-state index in [0.717, 1.165) is 18.1 Å². The Labute approximate surface area is 337 Å². The molecule has 1 aromatic heterocycles. The third kappa shape index (κ3) is 8.10. The van der Waals surface area contributed by atoms with E-state index in [4.69, 9.17) is 32.5 Å². The molecule has 2 N–H and O–H groups in total. The Morgan fingerprint density at radius 3 is 2.18 bits per heavy atom. The number of ether oxygens (including phenoxy) is 5. The Hall–Kier alpha value is -3.53. The van der Waals surface area contributed by atoms with Crippen molar-refractivity contribution < 1.29 is 61.6 Å². The van der Waals surface area contributed by atoms with Crippen LogP contribution in [0.4, 0.5) is 4.79 Å². The zero-order valence-corrected chi connectivity index (χ0v) is 36.7. The lowest BCUT2D eigenvalue weighted by Gasteiger charge is -2.66. The topological polar surface area (TPSA) is 186 Å². The average Bonchev–Trinajstić information content (AvgIpc) is 3.64. The summed E-state index contributed by atoms with van der Waals surface area (Å²) in [4.78, 5) is 68.3. The van der Waals surface area contributed by atoms with Crippen LogP contribution in [0.25, 0.3) is 0 Å². The first-order chi connectivity index (χ1) is 26.4. The molecule has 57 heavy (non-hydrogen) atoms. The number of carbonyl (C=O) groups excluding carboxylic acids is 5. The van der Waals surface area contributed by atoms with Gasteiger partial charge in [-0.25, -0.2) is 4.79 Å². The fourth-order valence-electron chi connectivity index (χ4n) is 9.95. The smallest absolute Gasteiger partial charge is 0.408 e. The van der Waals surface area contributed by atoms with Crippen LogP contribution in [0.2, 0.25) is 18.1 Å². The van der Waals surface area contributed by atoms with Gasteiger partial charge in [0.1, 0.15) is 29.6 Å². The molecule has 2 saturated carbocycles. The second-order valence-corrected chi connectivity index (χ2v) is 22.9. The number of aliphatic hydroxyl groups is 1. The van der Waals surface area contributed by atoms with Gasteiger partial charge in [0.05, 0.1) is 36.4 Å². The number of amides is 1. The number of carbonyl (C=O) groups is 5. The van der Waals surface area contributed by atoms with Gasteiger partial charge in [0.25, 0.3) is 0 Å². The van der Waals surface area contributed by atoms with Crippen molar-refractivity contribution in [3.05, 3.63) is 35.3 Å². The lowest BCUT2D eigenvalue weighted by molar-refractivity contribution is -0.326. The molecular weight excluding hydrogens is 755 g/mol. The number of rotatable bonds is 12. The van der Waals surface area contributed by atoms with Gasteiger partial charge in [0.2, 0.25) is 0 Å². The van der Waals surface area contributed by atoms with Crippen molar-refractivity contribution >= 4 is 38.1 Å². The van der Waals surface area contributed by atoms with Crippen LogP contribution in [0.15, 0.2) is 34.0 Å². The first kappa shape index (κ1) is 44.6. The van der Waals surface area contributed by atoms with Crippen molar-refractivity contribution in [2.24, 2.45) is 16.7 Å². The molecule has 318 valence electrons. The van der Waals surface area contributed by atoms with Crippen molar-refractivity contribution in [2.75, 3.05) is 6.61 Å². The standard InChI is InChI=1S/C42H63NO13Si/c1-13-57(14-2,15-3)56-31-20-32-42(23-51-32,54-26(6)45)30-22-41(49)21-29(24(4)34(39(41,10)11)35(52-25(5)44)36(47)40(30,31)12)53-33(46)19-27(28-17-16-18-50-28)43-37(48)55-38(7,8)9/h16-18,27,29-32,35,49H,13-15,19-23H2,1-12H3,(H,43,48)/t27-,29+,30+,31+,32-,35-,40+,41-,42-/m1/s1. The van der Waals surface area contributed by atoms with E-state index in [2.05, 4.69) is 26.1 Å². The summed E-state index contributed by atoms with van der Waals surface area (Å²) in [6.07, 6.45) is -3.47. The molecule has 15 heteroatoms. The monoisotopic (exact) mass is 817 g/mol. The molecule has 5 rings (SSSR count). The molecule has 1 aromatic rings. The predicted octanol–water partition coefficient (Wildman–Crippen LogP) is 6.65. The van der Waals surface area contributed by atoms with E-state index in [9.17, 15) is 24.3 Å². The molecule has 2 bridgehead atoms. The minimum absolute atomic E-state index is 0.00308. The Morgan fingerprint density at radius 1 is 1.02 bits per heavy atom. The van der Waals surface area contributed by atoms with Crippen molar-refractivity contribution in [1.29, 1.82) is 0 Å². The number of hydrogen-bond acceptors (Lipinski definition) is 13. The van der Waals surface area contributed by atoms with Crippen LogP contribution in [-0.4, -0.2) is 91.0 Å². The largest absolute Gasteiger partial charge is 0.467 e. The van der Waals surface area contributed by atoms with Crippen molar-refractivity contribution in [1.82, 2.24) is 5.32 Å². The molecule has 1 saturated heterocycles. The molecule has 0 radical (unpaired) electrons. The Morgan fingerprint density at radius 2 is 1.67 bits per heavy atom. The number of ketones is 1. The summed E-state index contributed by atoms with van der Waals surface area (Å²) < 4.78 is 42.7. The molecule has 0 aromatic carbocycles. The molecule has 1 amide bonds. The lowest BCUT2D eigenvalue weighted by Crippen LogP contribution is -2.78. The van der Waals surface area contributed by atoms with Crippen LogP contribution in [0, 0.1) is 16.7 Å². The molecule has 3 aliphatic carbocycles. The van der Waals surface area contributed by atoms with E-state index in [1.54, 1.807) is 60.6 Å². The molecule has 1 aliphatic heterocycles. The van der Waals surface area contributed by atoms with Gasteiger partial charge in [-0.2, -0.15) is 0 Å². The van der Waals surface area contributed by atoms with Gasteiger partial charge in [-0.1, -0.05) is 34.6 Å². The van der Waals surface area contributed by atoms with Crippen molar-refractivity contribution in [3.63, 3.8) is 0 Å². The number of nitrogens with one attached hydrogen (secondary N) is 1. The number of furan rings is 1. The van der Waals surface area contributed by atoms with Crippen molar-refractivity contribution in [3.8, 4) is 0 Å². The summed E-state index contributed by atoms with van der Waals surface area (Å²) in [6.45, 7) is 21.1. The zero-order chi connectivity index (χ0) is 42.5. The van der Waals surface area contributed by atoms with Gasteiger partial charge in [-0.15, -0.1) is 0 Å². The summed E-state index contributed by atoms with van der Waals surface area (Å²) in [6, 6.07) is 4.71. The molecule has 9 atom stereocenters. The minimum Gasteiger partial charge on any atom is -0.467 e. The summed E-state index contributed by atoms with van der Waals surface area (Å²) in [5.74, 6) is -2.99. The number of esters is 3. The van der Waals surface area contributed by atoms with E-state index in [-0.39, 0.29) is 32.3 Å². The molecule has 3 fully saturated rings. The van der Waals surface area contributed by atoms with E-state index in [0.29, 0.717) is 16.9 Å². The van der Waals surface area contributed by atoms with Crippen LogP contribution in [0.3, 0.4) is 0 Å². The van der Waals surface area contributed by atoms with Gasteiger partial charge in [-0.05, 0) is 82.5 Å². The van der Waals surface area contributed by atoms with Crippen LogP contribution in [-0.2, 0) is 47.3 Å². The van der Waals surface area contributed by atoms with Gasteiger partial charge in [0.15, 0.2) is 25.8 Å². The second kappa shape index (κ2) is 15.9. The molecule has 0 spiro atoms. The number of alkyl carbamates (subject to hydrolysis) is 1. The Bertz CT molecular complexity index is 1740. The van der Waals surface area contributed by atoms with Gasteiger partial charge >= 0.3 is 24.0 Å². The van der Waals surface area contributed by atoms with Crippen LogP contribution < -0.4 is 5.32 Å². The Kier molecular flexibility index (Phi) is 12.4. The van der Waals surface area contributed by atoms with Crippen LogP contribution >= 0.6 is 0 Å². The van der Waals surface area contributed by atoms with E-state index in [1.807, 2.05) is 0 Å². The van der Waals surface area contributed by atoms with E-state index < -0.39 is 102 Å². The molecular formula is C42H63NO13Si. The van der Waals surface area contributed by atoms with Crippen LogP contribution in [0.1, 0.15) is 121 Å². The first-order valence-electron chi connectivity index (χ1n) is 20.3. The maximum atomic E-state index is 15.7. The maximum absolute atomic E-state index is 15.7. The highest BCUT2D eigenvalue weighted by molar-refractivity contribution is 6.73. The SMILES string of the molecule is CC[Si](CC)(CC)O[C@H]1C[C@H]2OC[C@@]2(OC(C)=O)[C@H]2C[C@]3(O)C[C@H](OC(=O)C[C@@H](NC(=O)OC(C)(C)C)c4ccco4)C(C)=C([C@@H](OC(C)=O)C(=O)[C@]12C)C3(C)C. The average molecular weight is 818 g/mol. The maximum Gasteiger partial charge on any atom is 0.408 e. The fourth-order valence-corrected chi connectivity index (χ4v) is 12.9. The highest BCUT2D eigenvalue weighted by Crippen LogP contribution is 2.64. The van der Waals surface area contributed by atoms with Gasteiger partial charge < -0.3 is 43.0 Å². The second-order valence-electron chi connectivity index (χ2n) is 18.2. The summed E-state index contributed by atoms with van der Waals surface area (Å²) in [5.41, 5.74) is -5.65. The molecule has 0 unspecified atom stereocenters. The number of Topliss-reactive ketones (excluding diaryl/α,β-unsaturated/α-hetero) is 1. The quantitative estimate of drug-likeness (QED) is 0.0990. The predicted molar refractivity (Wildman–Crippen MR) is 209 cm³/mol. The molecule has 4 aliphatic rings. The summed E-state index contributed by atoms with van der Waals surface area (Å²) >= 11 is 0. The van der Waals surface area contributed by atoms with Crippen LogP contribution in [0.5, 0.6) is 0 Å². The lowest BCUT2D eigenvalue weighted by atomic mass is 9.46. The van der Waals surface area contributed by atoms with E-state index in [1.165, 1.54) is 20.1 Å². The van der Waals surface area contributed by atoms with Gasteiger partial charge in [0, 0.05) is 38.0 Å². The highest BCUT2D eigenvalue weighted by Gasteiger charge is 2.74. The summed E-state index contributed by atoms with van der Waals surface area (Å²) in [7, 11) is -2.40.